The molecular weight excluding hydrogens is 502 g/mol. The van der Waals surface area contributed by atoms with Gasteiger partial charge in [-0.1, -0.05) is 0 Å². The fourth-order valence-electron chi connectivity index (χ4n) is 1.03. The van der Waals surface area contributed by atoms with Crippen LogP contribution < -0.4 is 24.8 Å². The fraction of sp³-hybridized carbons (Fsp3) is 0.125. The molecule has 0 fully saturated rings. The van der Waals surface area contributed by atoms with E-state index in [1.165, 1.54) is 6.42 Å². The predicted octanol–water partition coefficient (Wildman–Crippen LogP) is -5.37. The molecule has 2 aliphatic rings. The maximum Gasteiger partial charge on any atom is -1.00 e. The Morgan fingerprint density at radius 2 is 2.23 bits per heavy atom. The molecule has 0 N–H and O–H groups in total. The van der Waals surface area contributed by atoms with Gasteiger partial charge in [0.2, 0.25) is 0 Å². The Hall–Kier alpha value is 2.19. The van der Waals surface area contributed by atoms with Crippen LogP contribution in [0.1, 0.15) is 6.42 Å². The van der Waals surface area contributed by atoms with Gasteiger partial charge in [-0.2, -0.15) is 0 Å². The average molecular weight is 510 g/mol. The maximum atomic E-state index is 2.56. The first kappa shape index (κ1) is 15.2. The molecule has 5 heteroatoms. The van der Waals surface area contributed by atoms with Gasteiger partial charge in [-0.25, -0.2) is 0 Å². The van der Waals surface area contributed by atoms with E-state index in [2.05, 4.69) is 25.4 Å². The van der Waals surface area contributed by atoms with Crippen molar-refractivity contribution < 1.29 is 48.0 Å². The topological polar surface area (TPSA) is 0 Å². The number of halogens is 2. The molecule has 0 unspecified atom stereocenters. The minimum absolute atomic E-state index is 0. The van der Waals surface area contributed by atoms with Crippen LogP contribution in [-0.4, -0.2) is 41.9 Å². The maximum absolute atomic E-state index is 2.56. The van der Waals surface area contributed by atoms with Gasteiger partial charge >= 0.3 is 101 Å². The minimum atomic E-state index is -0.114. The van der Waals surface area contributed by atoms with Crippen molar-refractivity contribution >= 4 is 41.9 Å². The van der Waals surface area contributed by atoms with E-state index in [-0.39, 0.29) is 90.8 Å². The molecule has 0 bridgehead atoms. The van der Waals surface area contributed by atoms with Crippen molar-refractivity contribution in [1.82, 2.24) is 0 Å². The quantitative estimate of drug-likeness (QED) is 0.326. The number of hydrogen-bond acceptors (Lipinski definition) is 0. The van der Waals surface area contributed by atoms with Crippen LogP contribution in [-0.2, 0) is 23.2 Å². The summed E-state index contributed by atoms with van der Waals surface area (Å²) in [6.45, 7) is 0. The van der Waals surface area contributed by atoms with Crippen LogP contribution in [0, 0.1) is 0 Å². The van der Waals surface area contributed by atoms with Crippen LogP contribution in [0.5, 0.6) is 0 Å². The Kier molecular flexibility index (Phi) is 9.76. The molecule has 1 aliphatic heterocycles. The van der Waals surface area contributed by atoms with Gasteiger partial charge in [-0.05, 0) is 0 Å². The van der Waals surface area contributed by atoms with E-state index in [9.17, 15) is 0 Å². The Balaban J connectivity index is 0.000000720. The molecule has 0 aromatic carbocycles. The second-order valence-corrected chi connectivity index (χ2v) is 22.0. The molecule has 0 aromatic rings. The summed E-state index contributed by atoms with van der Waals surface area (Å²) in [5.41, 5.74) is 0. The van der Waals surface area contributed by atoms with Crippen LogP contribution in [0.15, 0.2) is 29.6 Å². The molecule has 0 saturated carbocycles. The first-order valence-electron chi connectivity index (χ1n) is 3.57. The van der Waals surface area contributed by atoms with E-state index in [1.807, 2.05) is 3.28 Å². The van der Waals surface area contributed by atoms with Gasteiger partial charge in [0.25, 0.3) is 0 Å². The molecule has 68 valence electrons. The zero-order chi connectivity index (χ0) is 7.52. The first-order valence-corrected chi connectivity index (χ1v) is 11.9. The molecule has 0 nitrogen and oxygen atoms in total. The van der Waals surface area contributed by atoms with E-state index in [0.717, 1.165) is 0 Å². The zero-order valence-corrected chi connectivity index (χ0v) is 16.2. The smallest absolute Gasteiger partial charge is 1.00 e. The van der Waals surface area contributed by atoms with Crippen LogP contribution in [0.25, 0.3) is 0 Å². The van der Waals surface area contributed by atoms with Crippen molar-refractivity contribution in [2.24, 2.45) is 0 Å². The summed E-state index contributed by atoms with van der Waals surface area (Å²) in [6.07, 6.45) is 8.25. The Labute approximate surface area is 124 Å². The van der Waals surface area contributed by atoms with Crippen molar-refractivity contribution in [2.75, 3.05) is 0 Å². The summed E-state index contributed by atoms with van der Waals surface area (Å²) in [5.74, 6) is 0. The van der Waals surface area contributed by atoms with Crippen LogP contribution >= 0.6 is 0 Å². The molecule has 13 heavy (non-hydrogen) atoms. The number of hydrogen-bond donors (Lipinski definition) is 0. The SMILES string of the molecule is C1=CC[C]([Zr+2][C]2=[Sb][CH]=[CH][SbH]2)=C1.[Cl-].[Cl-]. The third kappa shape index (κ3) is 5.17. The Morgan fingerprint density at radius 1 is 1.38 bits per heavy atom. The van der Waals surface area contributed by atoms with Crippen molar-refractivity contribution in [2.45, 2.75) is 6.42 Å². The van der Waals surface area contributed by atoms with Gasteiger partial charge in [0.05, 0.1) is 0 Å². The summed E-state index contributed by atoms with van der Waals surface area (Å²) in [6, 6.07) is 0. The first-order chi connectivity index (χ1) is 5.45. The average Bonchev–Trinajstić information content (AvgIpc) is 2.60. The molecule has 1 aliphatic carbocycles. The molecule has 0 radical (unpaired) electrons. The molecule has 0 aromatic heterocycles. The van der Waals surface area contributed by atoms with E-state index < -0.39 is 0 Å². The fourth-order valence-corrected chi connectivity index (χ4v) is 21.8. The van der Waals surface area contributed by atoms with E-state index >= 15 is 0 Å². The van der Waals surface area contributed by atoms with Crippen molar-refractivity contribution in [3.8, 4) is 0 Å². The zero-order valence-electron chi connectivity index (χ0n) is 6.80. The summed E-state index contributed by atoms with van der Waals surface area (Å²) in [4.78, 5) is 0. The van der Waals surface area contributed by atoms with Gasteiger partial charge in [-0.3, -0.25) is 0 Å². The monoisotopic (exact) mass is 506 g/mol. The van der Waals surface area contributed by atoms with Crippen LogP contribution in [0.4, 0.5) is 0 Å². The number of rotatable bonds is 2. The third-order valence-electron chi connectivity index (χ3n) is 1.55. The van der Waals surface area contributed by atoms with E-state index in [0.29, 0.717) is 0 Å². The summed E-state index contributed by atoms with van der Waals surface area (Å²) in [5, 5.41) is 0. The second-order valence-electron chi connectivity index (χ2n) is 2.39. The Bertz CT molecular complexity index is 254. The molecule has 0 atom stereocenters. The molecule has 0 saturated heterocycles. The minimum Gasteiger partial charge on any atom is -1.00 e. The van der Waals surface area contributed by atoms with Gasteiger partial charge in [0.15, 0.2) is 0 Å². The predicted molar refractivity (Wildman–Crippen MR) is 48.9 cm³/mol. The van der Waals surface area contributed by atoms with Gasteiger partial charge in [-0.15, -0.1) is 0 Å². The van der Waals surface area contributed by atoms with Gasteiger partial charge in [0, 0.05) is 0 Å². The second kappa shape index (κ2) is 8.35. The van der Waals surface area contributed by atoms with E-state index in [4.69, 9.17) is 0 Å². The third-order valence-corrected chi connectivity index (χ3v) is 23.0. The molecular formula is C8H8Cl2Sb2Zr. The summed E-state index contributed by atoms with van der Waals surface area (Å²) in [7, 11) is 0. The standard InChI is InChI=1S/C5H5.C2H2.C.2ClH.2Sb.Zr.H/c1-2-4-5-3-1;1-2;;;;;;;/h1-3H,4H2;1-2H;;2*1H;;;;/q;;;;;;;+2;/p-2. The van der Waals surface area contributed by atoms with Gasteiger partial charge < -0.3 is 24.8 Å². The van der Waals surface area contributed by atoms with Crippen molar-refractivity contribution in [3.63, 3.8) is 0 Å². The summed E-state index contributed by atoms with van der Waals surface area (Å²) >= 11 is 0.0184. The van der Waals surface area contributed by atoms with Crippen LogP contribution in [0.2, 0.25) is 0 Å². The summed E-state index contributed by atoms with van der Waals surface area (Å²) < 4.78 is 9.11. The molecule has 1 heterocycles. The van der Waals surface area contributed by atoms with Crippen molar-refractivity contribution in [1.29, 1.82) is 0 Å². The normalized spacial score (nSPS) is 16.9. The number of allylic oxidation sites excluding steroid dienone is 4. The largest absolute Gasteiger partial charge is 1.00 e. The molecule has 0 amide bonds. The van der Waals surface area contributed by atoms with Crippen LogP contribution in [0.3, 0.4) is 0 Å². The Morgan fingerprint density at radius 3 is 2.77 bits per heavy atom. The molecule has 0 spiro atoms. The van der Waals surface area contributed by atoms with Gasteiger partial charge in [0.1, 0.15) is 0 Å². The van der Waals surface area contributed by atoms with E-state index in [1.54, 1.807) is 0 Å². The van der Waals surface area contributed by atoms with Crippen molar-refractivity contribution in [3.05, 3.63) is 29.6 Å². The molecule has 2 rings (SSSR count).